The van der Waals surface area contributed by atoms with Gasteiger partial charge in [-0.05, 0) is 36.5 Å². The number of benzene rings is 1. The molecule has 1 saturated heterocycles. The van der Waals surface area contributed by atoms with Gasteiger partial charge >= 0.3 is 6.09 Å². The Labute approximate surface area is 183 Å². The van der Waals surface area contributed by atoms with E-state index in [2.05, 4.69) is 4.72 Å². The molecule has 8 nitrogen and oxygen atoms in total. The summed E-state index contributed by atoms with van der Waals surface area (Å²) in [6, 6.07) is 7.18. The highest BCUT2D eigenvalue weighted by Crippen LogP contribution is 2.14. The molecule has 1 fully saturated rings. The van der Waals surface area contributed by atoms with Crippen molar-refractivity contribution in [1.29, 1.82) is 0 Å². The number of carbonyl (C=O) groups excluding carboxylic acids is 2. The van der Waals surface area contributed by atoms with Crippen molar-refractivity contribution in [3.63, 3.8) is 0 Å². The number of thioether (sulfide) groups is 1. The average Bonchev–Trinajstić information content (AvgIpc) is 2.75. The van der Waals surface area contributed by atoms with E-state index in [4.69, 9.17) is 4.74 Å². The van der Waals surface area contributed by atoms with E-state index < -0.39 is 16.1 Å². The molecule has 10 heteroatoms. The van der Waals surface area contributed by atoms with Gasteiger partial charge in [0, 0.05) is 26.2 Å². The van der Waals surface area contributed by atoms with E-state index >= 15 is 0 Å². The van der Waals surface area contributed by atoms with Crippen LogP contribution in [-0.4, -0.2) is 81.1 Å². The lowest BCUT2D eigenvalue weighted by molar-refractivity contribution is -0.134. The summed E-state index contributed by atoms with van der Waals surface area (Å²) in [4.78, 5) is 28.5. The Hall–Kier alpha value is -1.78. The Morgan fingerprint density at radius 3 is 2.27 bits per heavy atom. The topological polar surface area (TPSA) is 96.0 Å². The molecular formula is C20H31N3O5S2. The number of hydrogen-bond acceptors (Lipinski definition) is 6. The second kappa shape index (κ2) is 11.6. The largest absolute Gasteiger partial charge is 0.449 e. The summed E-state index contributed by atoms with van der Waals surface area (Å²) in [6.45, 7) is 5.71. The Bertz CT molecular complexity index is 794. The van der Waals surface area contributed by atoms with Crippen LogP contribution in [-0.2, 0) is 19.6 Å². The number of ether oxygens (including phenoxy) is 1. The van der Waals surface area contributed by atoms with Crippen LogP contribution in [0.15, 0.2) is 35.2 Å². The lowest BCUT2D eigenvalue weighted by Crippen LogP contribution is -2.56. The third-order valence-electron chi connectivity index (χ3n) is 4.65. The van der Waals surface area contributed by atoms with Gasteiger partial charge in [-0.15, -0.1) is 0 Å². The Balaban J connectivity index is 1.99. The predicted octanol–water partition coefficient (Wildman–Crippen LogP) is 2.02. The summed E-state index contributed by atoms with van der Waals surface area (Å²) in [5.41, 5.74) is 0. The molecular weight excluding hydrogens is 426 g/mol. The molecule has 1 aromatic carbocycles. The first kappa shape index (κ1) is 24.5. The Morgan fingerprint density at radius 1 is 1.10 bits per heavy atom. The number of hydrogen-bond donors (Lipinski definition) is 1. The highest BCUT2D eigenvalue weighted by molar-refractivity contribution is 7.98. The van der Waals surface area contributed by atoms with Gasteiger partial charge in [0.15, 0.2) is 0 Å². The minimum absolute atomic E-state index is 0.129. The van der Waals surface area contributed by atoms with Crippen molar-refractivity contribution in [2.75, 3.05) is 44.8 Å². The second-order valence-electron chi connectivity index (χ2n) is 7.55. The number of piperazine rings is 1. The van der Waals surface area contributed by atoms with Crippen LogP contribution in [0.25, 0.3) is 0 Å². The smallest absolute Gasteiger partial charge is 0.409 e. The molecule has 2 rings (SSSR count). The fourth-order valence-corrected chi connectivity index (χ4v) is 4.70. The first-order valence-corrected chi connectivity index (χ1v) is 12.9. The van der Waals surface area contributed by atoms with E-state index in [0.717, 1.165) is 0 Å². The zero-order valence-corrected chi connectivity index (χ0v) is 19.4. The van der Waals surface area contributed by atoms with Gasteiger partial charge in [-0.25, -0.2) is 13.2 Å². The van der Waals surface area contributed by atoms with Gasteiger partial charge < -0.3 is 14.5 Å². The molecule has 0 radical (unpaired) electrons. The number of carbonyl (C=O) groups is 2. The molecule has 0 aromatic heterocycles. The molecule has 1 unspecified atom stereocenters. The lowest BCUT2D eigenvalue weighted by Gasteiger charge is -2.36. The van der Waals surface area contributed by atoms with Crippen LogP contribution in [0.1, 0.15) is 20.3 Å². The van der Waals surface area contributed by atoms with E-state index in [1.54, 1.807) is 39.8 Å². The summed E-state index contributed by atoms with van der Waals surface area (Å²) in [5, 5.41) is 0. The molecule has 0 aliphatic carbocycles. The van der Waals surface area contributed by atoms with Gasteiger partial charge in [0.05, 0.1) is 11.5 Å². The number of rotatable bonds is 9. The van der Waals surface area contributed by atoms with Crippen LogP contribution in [0.3, 0.4) is 0 Å². The van der Waals surface area contributed by atoms with Crippen LogP contribution >= 0.6 is 11.8 Å². The first-order valence-electron chi connectivity index (χ1n) is 10.0. The minimum Gasteiger partial charge on any atom is -0.449 e. The van der Waals surface area contributed by atoms with Gasteiger partial charge in [-0.1, -0.05) is 32.0 Å². The van der Waals surface area contributed by atoms with E-state index in [0.29, 0.717) is 45.0 Å². The van der Waals surface area contributed by atoms with Crippen molar-refractivity contribution in [1.82, 2.24) is 14.5 Å². The molecule has 30 heavy (non-hydrogen) atoms. The third kappa shape index (κ3) is 7.17. The molecule has 1 atom stereocenters. The maximum Gasteiger partial charge on any atom is 0.409 e. The standard InChI is InChI=1S/C20H31N3O5S2/c1-16(2)15-28-20(25)23-12-10-22(11-13-23)19(24)18(9-14-29-3)21-30(26,27)17-7-5-4-6-8-17/h4-8,16,18,21H,9-15H2,1-3H3. The molecule has 2 amide bonds. The second-order valence-corrected chi connectivity index (χ2v) is 10.3. The van der Waals surface area contributed by atoms with Crippen molar-refractivity contribution in [3.05, 3.63) is 30.3 Å². The van der Waals surface area contributed by atoms with Gasteiger partial charge in [-0.2, -0.15) is 16.5 Å². The number of nitrogens with zero attached hydrogens (tertiary/aromatic N) is 2. The fourth-order valence-electron chi connectivity index (χ4n) is 2.98. The molecule has 1 aliphatic heterocycles. The van der Waals surface area contributed by atoms with Gasteiger partial charge in [0.1, 0.15) is 6.04 Å². The van der Waals surface area contributed by atoms with Crippen LogP contribution in [0.4, 0.5) is 4.79 Å². The summed E-state index contributed by atoms with van der Waals surface area (Å²) in [5.74, 6) is 0.639. The summed E-state index contributed by atoms with van der Waals surface area (Å²) in [6.07, 6.45) is 1.93. The molecule has 0 saturated carbocycles. The number of nitrogens with one attached hydrogen (secondary N) is 1. The predicted molar refractivity (Wildman–Crippen MR) is 118 cm³/mol. The lowest BCUT2D eigenvalue weighted by atomic mass is 10.2. The van der Waals surface area contributed by atoms with Crippen molar-refractivity contribution < 1.29 is 22.7 Å². The third-order valence-corrected chi connectivity index (χ3v) is 6.78. The van der Waals surface area contributed by atoms with Crippen molar-refractivity contribution in [2.45, 2.75) is 31.2 Å². The van der Waals surface area contributed by atoms with E-state index in [-0.39, 0.29) is 22.8 Å². The van der Waals surface area contributed by atoms with Gasteiger partial charge in [0.2, 0.25) is 15.9 Å². The van der Waals surface area contributed by atoms with Gasteiger partial charge in [-0.3, -0.25) is 4.79 Å². The fraction of sp³-hybridized carbons (Fsp3) is 0.600. The van der Waals surface area contributed by atoms with Crippen molar-refractivity contribution in [2.24, 2.45) is 5.92 Å². The molecule has 1 aromatic rings. The average molecular weight is 458 g/mol. The monoisotopic (exact) mass is 457 g/mol. The number of amides is 2. The normalized spacial score (nSPS) is 15.9. The molecule has 0 spiro atoms. The molecule has 1 aliphatic rings. The molecule has 168 valence electrons. The maximum atomic E-state index is 13.1. The summed E-state index contributed by atoms with van der Waals surface area (Å²) < 4.78 is 33.2. The van der Waals surface area contributed by atoms with Crippen LogP contribution in [0.5, 0.6) is 0 Å². The quantitative estimate of drug-likeness (QED) is 0.610. The number of sulfonamides is 1. The Morgan fingerprint density at radius 2 is 1.70 bits per heavy atom. The summed E-state index contributed by atoms with van der Waals surface area (Å²) >= 11 is 1.55. The van der Waals surface area contributed by atoms with E-state index in [1.165, 1.54) is 12.1 Å². The molecule has 1 heterocycles. The van der Waals surface area contributed by atoms with Crippen LogP contribution in [0, 0.1) is 5.92 Å². The highest BCUT2D eigenvalue weighted by atomic mass is 32.2. The van der Waals surface area contributed by atoms with Gasteiger partial charge in [0.25, 0.3) is 0 Å². The van der Waals surface area contributed by atoms with Crippen molar-refractivity contribution in [3.8, 4) is 0 Å². The van der Waals surface area contributed by atoms with E-state index in [9.17, 15) is 18.0 Å². The highest BCUT2D eigenvalue weighted by Gasteiger charge is 2.32. The first-order chi connectivity index (χ1) is 14.2. The van der Waals surface area contributed by atoms with Crippen molar-refractivity contribution >= 4 is 33.8 Å². The zero-order valence-electron chi connectivity index (χ0n) is 17.7. The summed E-state index contributed by atoms with van der Waals surface area (Å²) in [7, 11) is -3.80. The van der Waals surface area contributed by atoms with E-state index in [1.807, 2.05) is 20.1 Å². The maximum absolute atomic E-state index is 13.1. The Kier molecular flexibility index (Phi) is 9.44. The minimum atomic E-state index is -3.80. The molecule has 0 bridgehead atoms. The molecule has 1 N–H and O–H groups in total. The SMILES string of the molecule is CSCCC(NS(=O)(=O)c1ccccc1)C(=O)N1CCN(C(=O)OCC(C)C)CC1. The zero-order chi connectivity index (χ0) is 22.1. The van der Waals surface area contributed by atoms with Crippen LogP contribution < -0.4 is 4.72 Å². The van der Waals surface area contributed by atoms with Crippen LogP contribution in [0.2, 0.25) is 0 Å².